The lowest BCUT2D eigenvalue weighted by Crippen LogP contribution is -2.38. The molecular formula is C12H14O3. The van der Waals surface area contributed by atoms with E-state index in [2.05, 4.69) is 0 Å². The zero-order chi connectivity index (χ0) is 10.3. The highest BCUT2D eigenvalue weighted by molar-refractivity contribution is 5.39. The van der Waals surface area contributed by atoms with E-state index < -0.39 is 0 Å². The van der Waals surface area contributed by atoms with Crippen molar-refractivity contribution in [1.29, 1.82) is 0 Å². The van der Waals surface area contributed by atoms with Crippen LogP contribution in [-0.4, -0.2) is 24.4 Å². The van der Waals surface area contributed by atoms with Gasteiger partial charge in [0.15, 0.2) is 0 Å². The Bertz CT molecular complexity index is 371. The molecule has 1 aromatic rings. The number of aliphatic hydroxyl groups is 1. The van der Waals surface area contributed by atoms with Crippen molar-refractivity contribution in [3.63, 3.8) is 0 Å². The number of fused-ring (bicyclic) bond motifs is 1. The van der Waals surface area contributed by atoms with Crippen LogP contribution < -0.4 is 4.74 Å². The largest absolute Gasteiger partial charge is 0.486 e. The molecule has 3 nitrogen and oxygen atoms in total. The highest BCUT2D eigenvalue weighted by atomic mass is 16.6. The molecular weight excluding hydrogens is 192 g/mol. The van der Waals surface area contributed by atoms with Crippen molar-refractivity contribution in [2.75, 3.05) is 13.2 Å². The molecule has 2 aliphatic rings. The van der Waals surface area contributed by atoms with Gasteiger partial charge in [-0.25, -0.2) is 0 Å². The van der Waals surface area contributed by atoms with E-state index in [1.807, 2.05) is 18.2 Å². The van der Waals surface area contributed by atoms with Crippen molar-refractivity contribution in [1.82, 2.24) is 0 Å². The van der Waals surface area contributed by atoms with E-state index in [4.69, 9.17) is 9.47 Å². The van der Waals surface area contributed by atoms with Crippen molar-refractivity contribution >= 4 is 0 Å². The molecule has 0 spiro atoms. The Kier molecular flexibility index (Phi) is 2.15. The summed E-state index contributed by atoms with van der Waals surface area (Å²) in [5, 5.41) is 9.65. The minimum atomic E-state index is -0.277. The van der Waals surface area contributed by atoms with Gasteiger partial charge in [0.25, 0.3) is 0 Å². The SMILES string of the molecule is OC1CCc2cc(OC3COC3)ccc21. The first-order chi connectivity index (χ1) is 7.33. The summed E-state index contributed by atoms with van der Waals surface area (Å²) in [6.07, 6.45) is 1.73. The van der Waals surface area contributed by atoms with Crippen LogP contribution in [0.15, 0.2) is 18.2 Å². The van der Waals surface area contributed by atoms with Crippen LogP contribution in [0.25, 0.3) is 0 Å². The maximum atomic E-state index is 9.65. The molecule has 80 valence electrons. The molecule has 1 unspecified atom stereocenters. The maximum absolute atomic E-state index is 9.65. The van der Waals surface area contributed by atoms with Crippen LogP contribution in [0.2, 0.25) is 0 Å². The van der Waals surface area contributed by atoms with Crippen LogP contribution in [-0.2, 0) is 11.2 Å². The molecule has 15 heavy (non-hydrogen) atoms. The Morgan fingerprint density at radius 1 is 1.33 bits per heavy atom. The van der Waals surface area contributed by atoms with E-state index >= 15 is 0 Å². The number of benzene rings is 1. The molecule has 0 aromatic heterocycles. The molecule has 1 aliphatic heterocycles. The molecule has 0 amide bonds. The summed E-state index contributed by atoms with van der Waals surface area (Å²) >= 11 is 0. The Labute approximate surface area is 88.6 Å². The highest BCUT2D eigenvalue weighted by Crippen LogP contribution is 2.33. The molecule has 1 atom stereocenters. The van der Waals surface area contributed by atoms with E-state index in [0.717, 1.165) is 24.2 Å². The van der Waals surface area contributed by atoms with Gasteiger partial charge in [-0.2, -0.15) is 0 Å². The predicted octanol–water partition coefficient (Wildman–Crippen LogP) is 1.44. The Hall–Kier alpha value is -1.06. The fourth-order valence-electron chi connectivity index (χ4n) is 2.12. The molecule has 3 rings (SSSR count). The molecule has 1 N–H and O–H groups in total. The van der Waals surface area contributed by atoms with Gasteiger partial charge < -0.3 is 14.6 Å². The first-order valence-corrected chi connectivity index (χ1v) is 5.38. The second kappa shape index (κ2) is 3.51. The first kappa shape index (κ1) is 9.19. The molecule has 0 bridgehead atoms. The fraction of sp³-hybridized carbons (Fsp3) is 0.500. The summed E-state index contributed by atoms with van der Waals surface area (Å²) in [5.74, 6) is 0.899. The summed E-state index contributed by atoms with van der Waals surface area (Å²) in [7, 11) is 0. The third-order valence-corrected chi connectivity index (χ3v) is 3.07. The van der Waals surface area contributed by atoms with Crippen molar-refractivity contribution in [2.24, 2.45) is 0 Å². The lowest BCUT2D eigenvalue weighted by Gasteiger charge is -2.26. The van der Waals surface area contributed by atoms with Gasteiger partial charge in [-0.05, 0) is 36.1 Å². The van der Waals surface area contributed by atoms with Gasteiger partial charge >= 0.3 is 0 Å². The van der Waals surface area contributed by atoms with Gasteiger partial charge in [0, 0.05) is 0 Å². The van der Waals surface area contributed by atoms with Gasteiger partial charge in [0.1, 0.15) is 11.9 Å². The summed E-state index contributed by atoms with van der Waals surface area (Å²) in [4.78, 5) is 0. The van der Waals surface area contributed by atoms with E-state index in [0.29, 0.717) is 13.2 Å². The zero-order valence-corrected chi connectivity index (χ0v) is 8.48. The van der Waals surface area contributed by atoms with Gasteiger partial charge in [0.05, 0.1) is 19.3 Å². The Morgan fingerprint density at radius 2 is 2.20 bits per heavy atom. The summed E-state index contributed by atoms with van der Waals surface area (Å²) in [6, 6.07) is 5.96. The third kappa shape index (κ3) is 1.62. The van der Waals surface area contributed by atoms with Gasteiger partial charge in [-0.3, -0.25) is 0 Å². The van der Waals surface area contributed by atoms with E-state index in [9.17, 15) is 5.11 Å². The highest BCUT2D eigenvalue weighted by Gasteiger charge is 2.23. The molecule has 1 aromatic carbocycles. The molecule has 3 heteroatoms. The van der Waals surface area contributed by atoms with Crippen molar-refractivity contribution in [2.45, 2.75) is 25.0 Å². The van der Waals surface area contributed by atoms with Crippen molar-refractivity contribution < 1.29 is 14.6 Å². The first-order valence-electron chi connectivity index (χ1n) is 5.38. The number of ether oxygens (including phenoxy) is 2. The summed E-state index contributed by atoms with van der Waals surface area (Å²) < 4.78 is 10.8. The molecule has 1 aliphatic carbocycles. The third-order valence-electron chi connectivity index (χ3n) is 3.07. The van der Waals surface area contributed by atoms with Gasteiger partial charge in [0.2, 0.25) is 0 Å². The monoisotopic (exact) mass is 206 g/mol. The van der Waals surface area contributed by atoms with Crippen LogP contribution in [0.4, 0.5) is 0 Å². The van der Waals surface area contributed by atoms with Crippen LogP contribution in [0, 0.1) is 0 Å². The van der Waals surface area contributed by atoms with Crippen molar-refractivity contribution in [3.8, 4) is 5.75 Å². The average Bonchev–Trinajstić information content (AvgIpc) is 2.54. The van der Waals surface area contributed by atoms with Crippen LogP contribution >= 0.6 is 0 Å². The molecule has 1 saturated heterocycles. The Morgan fingerprint density at radius 3 is 2.93 bits per heavy atom. The molecule has 0 saturated carbocycles. The average molecular weight is 206 g/mol. The zero-order valence-electron chi connectivity index (χ0n) is 8.48. The number of hydrogen-bond acceptors (Lipinski definition) is 3. The second-order valence-electron chi connectivity index (χ2n) is 4.19. The molecule has 1 fully saturated rings. The number of rotatable bonds is 2. The van der Waals surface area contributed by atoms with Crippen molar-refractivity contribution in [3.05, 3.63) is 29.3 Å². The number of aryl methyl sites for hydroxylation is 1. The smallest absolute Gasteiger partial charge is 0.145 e. The quantitative estimate of drug-likeness (QED) is 0.795. The molecule has 0 radical (unpaired) electrons. The van der Waals surface area contributed by atoms with E-state index in [1.54, 1.807) is 0 Å². The summed E-state index contributed by atoms with van der Waals surface area (Å²) in [5.41, 5.74) is 2.28. The molecule has 1 heterocycles. The van der Waals surface area contributed by atoms with Crippen LogP contribution in [0.3, 0.4) is 0 Å². The minimum Gasteiger partial charge on any atom is -0.486 e. The normalized spacial score (nSPS) is 24.7. The van der Waals surface area contributed by atoms with Gasteiger partial charge in [-0.15, -0.1) is 0 Å². The Balaban J connectivity index is 1.79. The second-order valence-corrected chi connectivity index (χ2v) is 4.19. The number of hydrogen-bond donors (Lipinski definition) is 1. The van der Waals surface area contributed by atoms with E-state index in [1.165, 1.54) is 5.56 Å². The number of aliphatic hydroxyl groups excluding tert-OH is 1. The standard InChI is InChI=1S/C12H14O3/c13-12-4-1-8-5-9(2-3-11(8)12)15-10-6-14-7-10/h2-3,5,10,12-13H,1,4,6-7H2. The summed E-state index contributed by atoms with van der Waals surface area (Å²) in [6.45, 7) is 1.39. The maximum Gasteiger partial charge on any atom is 0.145 e. The lowest BCUT2D eigenvalue weighted by atomic mass is 10.1. The fourth-order valence-corrected chi connectivity index (χ4v) is 2.12. The van der Waals surface area contributed by atoms with Crippen LogP contribution in [0.1, 0.15) is 23.7 Å². The van der Waals surface area contributed by atoms with Gasteiger partial charge in [-0.1, -0.05) is 6.07 Å². The topological polar surface area (TPSA) is 38.7 Å². The lowest BCUT2D eigenvalue weighted by molar-refractivity contribution is -0.0797. The minimum absolute atomic E-state index is 0.217. The van der Waals surface area contributed by atoms with Crippen LogP contribution in [0.5, 0.6) is 5.75 Å². The van der Waals surface area contributed by atoms with E-state index in [-0.39, 0.29) is 12.2 Å². The predicted molar refractivity (Wildman–Crippen MR) is 55.0 cm³/mol.